The maximum absolute atomic E-state index is 13.1. The van der Waals surface area contributed by atoms with Gasteiger partial charge >= 0.3 is 0 Å². The highest BCUT2D eigenvalue weighted by Gasteiger charge is 2.36. The average molecular weight is 411 g/mol. The smallest absolute Gasteiger partial charge is 0.251 e. The predicted molar refractivity (Wildman–Crippen MR) is 121 cm³/mol. The monoisotopic (exact) mass is 410 g/mol. The number of carbonyl (C=O) groups excluding carboxylic acids is 1. The Kier molecular flexibility index (Phi) is 7.03. The molecule has 2 aromatic rings. The molecule has 0 aromatic heterocycles. The van der Waals surface area contributed by atoms with Crippen LogP contribution in [0.25, 0.3) is 0 Å². The number of carbonyl (C=O) groups is 1. The summed E-state index contributed by atoms with van der Waals surface area (Å²) in [6.07, 6.45) is 0.955. The number of methoxy groups -OCH3 is 2. The van der Waals surface area contributed by atoms with Crippen molar-refractivity contribution in [3.05, 3.63) is 58.7 Å². The van der Waals surface area contributed by atoms with Crippen molar-refractivity contribution in [1.82, 2.24) is 10.2 Å². The Morgan fingerprint density at radius 1 is 1.13 bits per heavy atom. The molecule has 1 N–H and O–H groups in total. The lowest BCUT2D eigenvalue weighted by atomic mass is 9.83. The van der Waals surface area contributed by atoms with Gasteiger partial charge in [0.25, 0.3) is 5.91 Å². The van der Waals surface area contributed by atoms with Crippen LogP contribution in [0.1, 0.15) is 53.9 Å². The van der Waals surface area contributed by atoms with Crippen molar-refractivity contribution in [3.63, 3.8) is 0 Å². The summed E-state index contributed by atoms with van der Waals surface area (Å²) in [5.74, 6) is 1.71. The SMILES string of the molecule is CCN1CCc2cc(OC)c(OC)cc2[C@@H]1[C@@H](NC(=O)c1ccc(C)cc1)C(C)C. The standard InChI is InChI=1S/C25H34N2O3/c1-7-27-13-12-19-14-21(29-5)22(30-6)15-20(19)24(27)23(16(2)3)26-25(28)18-10-8-17(4)9-11-18/h8-11,14-16,23-24H,7,12-13H2,1-6H3,(H,26,28)/t23-,24+/m0/s1. The van der Waals surface area contributed by atoms with Gasteiger partial charge in [-0.15, -0.1) is 0 Å². The van der Waals surface area contributed by atoms with Crippen LogP contribution in [0, 0.1) is 12.8 Å². The van der Waals surface area contributed by atoms with Crippen LogP contribution in [0.2, 0.25) is 0 Å². The molecule has 0 fully saturated rings. The van der Waals surface area contributed by atoms with E-state index < -0.39 is 0 Å². The van der Waals surface area contributed by atoms with Gasteiger partial charge in [-0.1, -0.05) is 38.5 Å². The number of benzene rings is 2. The zero-order chi connectivity index (χ0) is 21.8. The highest BCUT2D eigenvalue weighted by Crippen LogP contribution is 2.40. The zero-order valence-electron chi connectivity index (χ0n) is 19.0. The lowest BCUT2D eigenvalue weighted by molar-refractivity contribution is 0.0834. The van der Waals surface area contributed by atoms with Gasteiger partial charge in [-0.05, 0) is 61.2 Å². The molecule has 1 heterocycles. The van der Waals surface area contributed by atoms with Gasteiger partial charge in [-0.25, -0.2) is 0 Å². The second-order valence-electron chi connectivity index (χ2n) is 8.34. The minimum Gasteiger partial charge on any atom is -0.493 e. The van der Waals surface area contributed by atoms with Crippen molar-refractivity contribution in [3.8, 4) is 11.5 Å². The van der Waals surface area contributed by atoms with Crippen LogP contribution in [0.5, 0.6) is 11.5 Å². The molecule has 2 aromatic carbocycles. The molecule has 1 aliphatic rings. The number of hydrogen-bond donors (Lipinski definition) is 1. The lowest BCUT2D eigenvalue weighted by Crippen LogP contribution is -2.51. The van der Waals surface area contributed by atoms with Gasteiger partial charge in [-0.3, -0.25) is 9.69 Å². The molecule has 5 heteroatoms. The summed E-state index contributed by atoms with van der Waals surface area (Å²) in [6, 6.07) is 12.0. The number of aryl methyl sites for hydroxylation is 1. The van der Waals surface area contributed by atoms with Crippen molar-refractivity contribution in [1.29, 1.82) is 0 Å². The Labute approximate surface area is 180 Å². The number of rotatable bonds is 7. The molecule has 1 aliphatic heterocycles. The molecule has 0 unspecified atom stereocenters. The maximum atomic E-state index is 13.1. The van der Waals surface area contributed by atoms with Crippen LogP contribution < -0.4 is 14.8 Å². The third-order valence-corrected chi connectivity index (χ3v) is 6.10. The number of fused-ring (bicyclic) bond motifs is 1. The molecule has 0 saturated heterocycles. The van der Waals surface area contributed by atoms with Gasteiger partial charge in [0.1, 0.15) is 0 Å². The minimum absolute atomic E-state index is 0.0302. The summed E-state index contributed by atoms with van der Waals surface area (Å²) < 4.78 is 11.1. The molecule has 0 saturated carbocycles. The van der Waals surface area contributed by atoms with E-state index in [1.165, 1.54) is 11.1 Å². The average Bonchev–Trinajstić information content (AvgIpc) is 2.75. The van der Waals surface area contributed by atoms with Gasteiger partial charge in [0, 0.05) is 12.1 Å². The van der Waals surface area contributed by atoms with E-state index in [0.29, 0.717) is 5.56 Å². The van der Waals surface area contributed by atoms with E-state index >= 15 is 0 Å². The molecule has 5 nitrogen and oxygen atoms in total. The van der Waals surface area contributed by atoms with Crippen LogP contribution in [0.4, 0.5) is 0 Å². The van der Waals surface area contributed by atoms with Gasteiger partial charge in [-0.2, -0.15) is 0 Å². The van der Waals surface area contributed by atoms with Crippen LogP contribution in [0.3, 0.4) is 0 Å². The normalized spacial score (nSPS) is 17.4. The molecule has 162 valence electrons. The second-order valence-corrected chi connectivity index (χ2v) is 8.34. The Balaban J connectivity index is 2.00. The van der Waals surface area contributed by atoms with Gasteiger partial charge in [0.05, 0.1) is 26.3 Å². The van der Waals surface area contributed by atoms with Crippen LogP contribution >= 0.6 is 0 Å². The molecular formula is C25H34N2O3. The molecular weight excluding hydrogens is 376 g/mol. The van der Waals surface area contributed by atoms with E-state index in [1.54, 1.807) is 14.2 Å². The van der Waals surface area contributed by atoms with Crippen molar-refractivity contribution >= 4 is 5.91 Å². The van der Waals surface area contributed by atoms with Crippen molar-refractivity contribution in [2.45, 2.75) is 46.2 Å². The Morgan fingerprint density at radius 3 is 2.33 bits per heavy atom. The van der Waals surface area contributed by atoms with Crippen LogP contribution in [0.15, 0.2) is 36.4 Å². The molecule has 0 aliphatic carbocycles. The van der Waals surface area contributed by atoms with Gasteiger partial charge in [0.15, 0.2) is 11.5 Å². The number of amides is 1. The number of hydrogen-bond acceptors (Lipinski definition) is 4. The number of likely N-dealkylation sites (N-methyl/N-ethyl adjacent to an activating group) is 1. The summed E-state index contributed by atoms with van der Waals surface area (Å²) in [4.78, 5) is 15.5. The third-order valence-electron chi connectivity index (χ3n) is 6.10. The second kappa shape index (κ2) is 9.52. The fraction of sp³-hybridized carbons (Fsp3) is 0.480. The lowest BCUT2D eigenvalue weighted by Gasteiger charge is -2.43. The highest BCUT2D eigenvalue weighted by molar-refractivity contribution is 5.94. The quantitative estimate of drug-likeness (QED) is 0.736. The van der Waals surface area contributed by atoms with Crippen molar-refractivity contribution in [2.75, 3.05) is 27.3 Å². The fourth-order valence-electron chi connectivity index (χ4n) is 4.35. The molecule has 30 heavy (non-hydrogen) atoms. The molecule has 2 atom stereocenters. The fourth-order valence-corrected chi connectivity index (χ4v) is 4.35. The van der Waals surface area contributed by atoms with Crippen molar-refractivity contribution < 1.29 is 14.3 Å². The van der Waals surface area contributed by atoms with E-state index in [-0.39, 0.29) is 23.9 Å². The Morgan fingerprint density at radius 2 is 1.77 bits per heavy atom. The highest BCUT2D eigenvalue weighted by atomic mass is 16.5. The van der Waals surface area contributed by atoms with E-state index in [4.69, 9.17) is 9.47 Å². The summed E-state index contributed by atoms with van der Waals surface area (Å²) >= 11 is 0. The maximum Gasteiger partial charge on any atom is 0.251 e. The van der Waals surface area contributed by atoms with Crippen LogP contribution in [-0.2, 0) is 6.42 Å². The number of nitrogens with one attached hydrogen (secondary N) is 1. The number of nitrogens with zero attached hydrogens (tertiary/aromatic N) is 1. The number of ether oxygens (including phenoxy) is 2. The summed E-state index contributed by atoms with van der Waals surface area (Å²) in [5, 5.41) is 3.34. The van der Waals surface area contributed by atoms with E-state index in [0.717, 1.165) is 36.6 Å². The molecule has 1 amide bonds. The van der Waals surface area contributed by atoms with Gasteiger partial charge in [0.2, 0.25) is 0 Å². The summed E-state index contributed by atoms with van der Waals surface area (Å²) in [6.45, 7) is 10.4. The first-order valence-corrected chi connectivity index (χ1v) is 10.8. The first kappa shape index (κ1) is 22.2. The molecule has 0 radical (unpaired) electrons. The zero-order valence-corrected chi connectivity index (χ0v) is 19.0. The molecule has 3 rings (SSSR count). The summed E-state index contributed by atoms with van der Waals surface area (Å²) in [5.41, 5.74) is 4.31. The Hall–Kier alpha value is -2.53. The minimum atomic E-state index is -0.0316. The first-order chi connectivity index (χ1) is 14.4. The molecule has 0 bridgehead atoms. The van der Waals surface area contributed by atoms with E-state index in [9.17, 15) is 4.79 Å². The third kappa shape index (κ3) is 4.46. The molecule has 0 spiro atoms. The topological polar surface area (TPSA) is 50.8 Å². The first-order valence-electron chi connectivity index (χ1n) is 10.8. The van der Waals surface area contributed by atoms with E-state index in [2.05, 4.69) is 43.1 Å². The summed E-state index contributed by atoms with van der Waals surface area (Å²) in [7, 11) is 3.33. The van der Waals surface area contributed by atoms with Crippen LogP contribution in [-0.4, -0.2) is 44.2 Å². The van der Waals surface area contributed by atoms with Gasteiger partial charge < -0.3 is 14.8 Å². The predicted octanol–water partition coefficient (Wildman–Crippen LogP) is 4.39. The van der Waals surface area contributed by atoms with Crippen molar-refractivity contribution in [2.24, 2.45) is 5.92 Å². The largest absolute Gasteiger partial charge is 0.493 e. The Bertz CT molecular complexity index is 877. The van der Waals surface area contributed by atoms with E-state index in [1.807, 2.05) is 31.2 Å².